The van der Waals surface area contributed by atoms with E-state index in [4.69, 9.17) is 14.7 Å². The molecular formula is C42H26N2OS. The smallest absolute Gasteiger partial charge is 0.164 e. The Kier molecular flexibility index (Phi) is 5.57. The number of nitrogens with zero attached hydrogens (tertiary/aromatic N) is 2. The topological polar surface area (TPSA) is 35.0 Å². The molecule has 0 fully saturated rings. The van der Waals surface area contributed by atoms with Gasteiger partial charge in [-0.2, -0.15) is 0 Å². The number of hydrogen-bond acceptors (Lipinski definition) is 4. The lowest BCUT2D eigenvalue weighted by atomic mass is 9.84. The fraction of sp³-hybridized carbons (Fsp3) is 0.0476. The molecule has 0 amide bonds. The summed E-state index contributed by atoms with van der Waals surface area (Å²) in [6, 6.07) is 47.3. The fourth-order valence-corrected chi connectivity index (χ4v) is 8.37. The van der Waals surface area contributed by atoms with E-state index in [1.165, 1.54) is 42.6 Å². The molecule has 0 spiro atoms. The van der Waals surface area contributed by atoms with Crippen LogP contribution in [-0.4, -0.2) is 16.1 Å². The minimum atomic E-state index is -0.107. The maximum atomic E-state index is 6.97. The summed E-state index contributed by atoms with van der Waals surface area (Å²) in [5, 5.41) is 6.06. The molecule has 3 nitrogen and oxygen atoms in total. The first kappa shape index (κ1) is 25.7. The van der Waals surface area contributed by atoms with Crippen LogP contribution >= 0.6 is 11.3 Å². The zero-order chi connectivity index (χ0) is 30.2. The molecule has 0 bridgehead atoms. The van der Waals surface area contributed by atoms with Crippen molar-refractivity contribution in [3.8, 4) is 39.5 Å². The molecule has 8 aromatic rings. The molecular weight excluding hydrogens is 581 g/mol. The minimum absolute atomic E-state index is 0.0747. The number of ether oxygens (including phenoxy) is 1. The minimum Gasteiger partial charge on any atom is -0.484 e. The fourth-order valence-electron chi connectivity index (χ4n) is 7.22. The molecule has 0 radical (unpaired) electrons. The highest BCUT2D eigenvalue weighted by Gasteiger charge is 2.38. The van der Waals surface area contributed by atoms with Gasteiger partial charge in [-0.1, -0.05) is 121 Å². The summed E-state index contributed by atoms with van der Waals surface area (Å²) in [6.45, 7) is 0. The van der Waals surface area contributed by atoms with E-state index in [1.54, 1.807) is 11.3 Å². The van der Waals surface area contributed by atoms with Gasteiger partial charge in [0.2, 0.25) is 0 Å². The standard InChI is InChI=1S/C42H26N2OS/c1-2-11-26(12-3-1)38-41-39(32-16-8-9-17-36(32)46-41)44-42(43-38)33-21-20-31(30-19-18-25-10-4-5-13-27(25)22-30)37-34-23-28-14-6-7-15-29(28)24-35(34)45-40(33)37/h1-24,34-35H. The van der Waals surface area contributed by atoms with Crippen molar-refractivity contribution in [2.45, 2.75) is 12.0 Å². The zero-order valence-corrected chi connectivity index (χ0v) is 25.5. The normalized spacial score (nSPS) is 16.3. The van der Waals surface area contributed by atoms with Crippen LogP contribution in [-0.2, 0) is 0 Å². The highest BCUT2D eigenvalue weighted by atomic mass is 32.1. The largest absolute Gasteiger partial charge is 0.484 e. The zero-order valence-electron chi connectivity index (χ0n) is 24.7. The summed E-state index contributed by atoms with van der Waals surface area (Å²) in [6.07, 6.45) is 4.55. The maximum absolute atomic E-state index is 6.97. The van der Waals surface area contributed by atoms with Gasteiger partial charge >= 0.3 is 0 Å². The highest BCUT2D eigenvalue weighted by Crippen LogP contribution is 2.51. The van der Waals surface area contributed by atoms with Gasteiger partial charge in [-0.3, -0.25) is 0 Å². The SMILES string of the molecule is C1=c2ccccc2=CC2c3c(-c4ccc5ccccc5c4)ccc(-c4nc(-c5ccccc5)c5sc6ccccc6c5n4)c3OC12. The van der Waals surface area contributed by atoms with Crippen molar-refractivity contribution in [3.63, 3.8) is 0 Å². The molecule has 3 heterocycles. The van der Waals surface area contributed by atoms with Crippen molar-refractivity contribution in [2.75, 3.05) is 0 Å². The number of fused-ring (bicyclic) bond motifs is 8. The van der Waals surface area contributed by atoms with E-state index >= 15 is 0 Å². The van der Waals surface area contributed by atoms with Crippen molar-refractivity contribution < 1.29 is 4.74 Å². The lowest BCUT2D eigenvalue weighted by Gasteiger charge is -2.17. The Morgan fingerprint density at radius 1 is 0.587 bits per heavy atom. The van der Waals surface area contributed by atoms with Gasteiger partial charge in [0, 0.05) is 27.1 Å². The van der Waals surface area contributed by atoms with Crippen molar-refractivity contribution >= 4 is 54.6 Å². The Labute approximate surface area is 269 Å². The quantitative estimate of drug-likeness (QED) is 0.201. The van der Waals surface area contributed by atoms with Gasteiger partial charge in [-0.15, -0.1) is 11.3 Å². The van der Waals surface area contributed by atoms with Gasteiger partial charge in [0.25, 0.3) is 0 Å². The molecule has 0 N–H and O–H groups in total. The lowest BCUT2D eigenvalue weighted by molar-refractivity contribution is 0.289. The summed E-state index contributed by atoms with van der Waals surface area (Å²) in [7, 11) is 0. The van der Waals surface area contributed by atoms with Crippen LogP contribution in [0.4, 0.5) is 0 Å². The Morgan fingerprint density at radius 2 is 1.33 bits per heavy atom. The van der Waals surface area contributed by atoms with Gasteiger partial charge in [-0.25, -0.2) is 9.97 Å². The monoisotopic (exact) mass is 606 g/mol. The van der Waals surface area contributed by atoms with Crippen LogP contribution in [0.5, 0.6) is 5.75 Å². The number of thiophene rings is 1. The Balaban J connectivity index is 1.25. The summed E-state index contributed by atoms with van der Waals surface area (Å²) >= 11 is 1.76. The van der Waals surface area contributed by atoms with Crippen LogP contribution in [0.2, 0.25) is 0 Å². The van der Waals surface area contributed by atoms with Crippen molar-refractivity contribution in [1.82, 2.24) is 9.97 Å². The third-order valence-electron chi connectivity index (χ3n) is 9.40. The van der Waals surface area contributed by atoms with Gasteiger partial charge in [0.1, 0.15) is 11.9 Å². The molecule has 4 heteroatoms. The van der Waals surface area contributed by atoms with Gasteiger partial charge in [0.15, 0.2) is 5.82 Å². The molecule has 2 atom stereocenters. The molecule has 216 valence electrons. The summed E-state index contributed by atoms with van der Waals surface area (Å²) in [4.78, 5) is 10.6. The van der Waals surface area contributed by atoms with E-state index in [0.29, 0.717) is 5.82 Å². The third-order valence-corrected chi connectivity index (χ3v) is 10.6. The Morgan fingerprint density at radius 3 is 2.22 bits per heavy atom. The van der Waals surface area contributed by atoms with Gasteiger partial charge in [-0.05, 0) is 56.6 Å². The first-order chi connectivity index (χ1) is 22.8. The lowest BCUT2D eigenvalue weighted by Crippen LogP contribution is -2.34. The van der Waals surface area contributed by atoms with Crippen LogP contribution in [0, 0.1) is 0 Å². The van der Waals surface area contributed by atoms with E-state index in [9.17, 15) is 0 Å². The second-order valence-corrected chi connectivity index (χ2v) is 13.1. The molecule has 2 aromatic heterocycles. The van der Waals surface area contributed by atoms with Crippen LogP contribution in [0.15, 0.2) is 133 Å². The molecule has 2 unspecified atom stereocenters. The molecule has 0 saturated carbocycles. The first-order valence-corrected chi connectivity index (χ1v) is 16.5. The molecule has 1 aliphatic heterocycles. The van der Waals surface area contributed by atoms with Crippen LogP contribution in [0.3, 0.4) is 0 Å². The van der Waals surface area contributed by atoms with E-state index in [0.717, 1.165) is 38.2 Å². The number of aromatic nitrogens is 2. The molecule has 0 saturated heterocycles. The predicted octanol–water partition coefficient (Wildman–Crippen LogP) is 9.12. The Hall–Kier alpha value is -5.58. The molecule has 2 aliphatic rings. The number of benzene rings is 6. The number of rotatable bonds is 3. The second kappa shape index (κ2) is 9.96. The second-order valence-electron chi connectivity index (χ2n) is 12.1. The van der Waals surface area contributed by atoms with Gasteiger partial charge < -0.3 is 4.74 Å². The third kappa shape index (κ3) is 3.90. The highest BCUT2D eigenvalue weighted by molar-refractivity contribution is 7.26. The number of hydrogen-bond donors (Lipinski definition) is 0. The predicted molar refractivity (Wildman–Crippen MR) is 191 cm³/mol. The summed E-state index contributed by atoms with van der Waals surface area (Å²) in [5.41, 5.74) is 7.51. The van der Waals surface area contributed by atoms with Crippen molar-refractivity contribution in [2.24, 2.45) is 0 Å². The Bertz CT molecular complexity index is 2640. The van der Waals surface area contributed by atoms with Crippen molar-refractivity contribution in [3.05, 3.63) is 149 Å². The molecule has 46 heavy (non-hydrogen) atoms. The van der Waals surface area contributed by atoms with Crippen LogP contribution in [0.25, 0.3) is 77.0 Å². The van der Waals surface area contributed by atoms with Crippen LogP contribution < -0.4 is 15.2 Å². The van der Waals surface area contributed by atoms with Crippen molar-refractivity contribution in [1.29, 1.82) is 0 Å². The van der Waals surface area contributed by atoms with E-state index < -0.39 is 0 Å². The average Bonchev–Trinajstić information content (AvgIpc) is 3.68. The van der Waals surface area contributed by atoms with E-state index in [1.807, 2.05) is 6.07 Å². The van der Waals surface area contributed by atoms with Gasteiger partial charge in [0.05, 0.1) is 21.5 Å². The maximum Gasteiger partial charge on any atom is 0.164 e. The average molecular weight is 607 g/mol. The molecule has 1 aliphatic carbocycles. The molecule has 6 aromatic carbocycles. The van der Waals surface area contributed by atoms with E-state index in [2.05, 4.69) is 140 Å². The van der Waals surface area contributed by atoms with Crippen LogP contribution in [0.1, 0.15) is 11.5 Å². The summed E-state index contributed by atoms with van der Waals surface area (Å²) in [5.74, 6) is 1.64. The molecule has 10 rings (SSSR count). The van der Waals surface area contributed by atoms with E-state index in [-0.39, 0.29) is 12.0 Å². The summed E-state index contributed by atoms with van der Waals surface area (Å²) < 4.78 is 9.28. The first-order valence-electron chi connectivity index (χ1n) is 15.6.